The fourth-order valence-corrected chi connectivity index (χ4v) is 3.58. The van der Waals surface area contributed by atoms with E-state index in [-0.39, 0.29) is 11.3 Å². The maximum absolute atomic E-state index is 12.3. The first-order chi connectivity index (χ1) is 9.75. The van der Waals surface area contributed by atoms with Crippen molar-refractivity contribution >= 4 is 16.0 Å². The molecule has 0 aromatic heterocycles. The number of carboxylic acid groups (broad SMARTS) is 1. The smallest absolute Gasteiger partial charge is 0.324 e. The molecule has 1 aromatic carbocycles. The minimum Gasteiger partial charge on any atom is -0.480 e. The van der Waals surface area contributed by atoms with E-state index in [2.05, 4.69) is 11.6 Å². The number of rotatable bonds is 8. The maximum Gasteiger partial charge on any atom is 0.324 e. The van der Waals surface area contributed by atoms with Crippen LogP contribution in [0.5, 0.6) is 0 Å². The number of carbonyl (C=O) groups is 1. The molecule has 1 aromatic rings. The number of carboxylic acids is 1. The van der Waals surface area contributed by atoms with E-state index in [0.717, 1.165) is 18.4 Å². The molecule has 6 heteroatoms. The zero-order valence-corrected chi connectivity index (χ0v) is 13.5. The molecule has 5 nitrogen and oxygen atoms in total. The van der Waals surface area contributed by atoms with Crippen molar-refractivity contribution in [2.45, 2.75) is 56.9 Å². The van der Waals surface area contributed by atoms with E-state index in [1.807, 2.05) is 6.92 Å². The number of benzene rings is 1. The lowest BCUT2D eigenvalue weighted by Crippen LogP contribution is -2.51. The second kappa shape index (κ2) is 7.04. The first-order valence-electron chi connectivity index (χ1n) is 7.11. The standard InChI is InChI=1S/C15H23NO4S/c1-4-6-12-7-9-13(10-8-12)21(19,20)16-15(3,11-5-2)14(17)18/h7-10,16H,4-6,11H2,1-3H3,(H,17,18). The largest absolute Gasteiger partial charge is 0.480 e. The molecule has 0 saturated heterocycles. The van der Waals surface area contributed by atoms with Crippen LogP contribution in [0.3, 0.4) is 0 Å². The Morgan fingerprint density at radius 2 is 1.76 bits per heavy atom. The summed E-state index contributed by atoms with van der Waals surface area (Å²) in [6.45, 7) is 5.26. The number of hydrogen-bond acceptors (Lipinski definition) is 3. The lowest BCUT2D eigenvalue weighted by Gasteiger charge is -2.25. The van der Waals surface area contributed by atoms with Crippen molar-refractivity contribution in [3.05, 3.63) is 29.8 Å². The summed E-state index contributed by atoms with van der Waals surface area (Å²) in [5, 5.41) is 9.26. The van der Waals surface area contributed by atoms with Gasteiger partial charge in [-0.1, -0.05) is 38.8 Å². The van der Waals surface area contributed by atoms with E-state index in [9.17, 15) is 18.3 Å². The summed E-state index contributed by atoms with van der Waals surface area (Å²) < 4.78 is 27.0. The van der Waals surface area contributed by atoms with Crippen molar-refractivity contribution < 1.29 is 18.3 Å². The van der Waals surface area contributed by atoms with Crippen LogP contribution in [0.15, 0.2) is 29.2 Å². The molecule has 1 unspecified atom stereocenters. The van der Waals surface area contributed by atoms with Gasteiger partial charge in [-0.15, -0.1) is 0 Å². The van der Waals surface area contributed by atoms with Crippen molar-refractivity contribution in [2.75, 3.05) is 0 Å². The van der Waals surface area contributed by atoms with Crippen LogP contribution in [-0.4, -0.2) is 25.0 Å². The topological polar surface area (TPSA) is 83.5 Å². The highest BCUT2D eigenvalue weighted by molar-refractivity contribution is 7.89. The summed E-state index contributed by atoms with van der Waals surface area (Å²) in [6, 6.07) is 6.55. The number of hydrogen-bond donors (Lipinski definition) is 2. The summed E-state index contributed by atoms with van der Waals surface area (Å²) in [5.41, 5.74) is -0.429. The van der Waals surface area contributed by atoms with E-state index < -0.39 is 21.5 Å². The van der Waals surface area contributed by atoms with Crippen LogP contribution in [0.4, 0.5) is 0 Å². The monoisotopic (exact) mass is 313 g/mol. The molecule has 1 atom stereocenters. The highest BCUT2D eigenvalue weighted by Crippen LogP contribution is 2.19. The van der Waals surface area contributed by atoms with Crippen LogP contribution in [0, 0.1) is 0 Å². The summed E-state index contributed by atoms with van der Waals surface area (Å²) in [7, 11) is -3.85. The Balaban J connectivity index is 3.02. The highest BCUT2D eigenvalue weighted by atomic mass is 32.2. The van der Waals surface area contributed by atoms with Gasteiger partial charge in [-0.05, 0) is 37.5 Å². The number of nitrogens with one attached hydrogen (secondary N) is 1. The average molecular weight is 313 g/mol. The molecule has 1 rings (SSSR count). The molecular formula is C15H23NO4S. The molecule has 0 aliphatic carbocycles. The number of aryl methyl sites for hydroxylation is 1. The molecule has 21 heavy (non-hydrogen) atoms. The lowest BCUT2D eigenvalue weighted by molar-refractivity contribution is -0.143. The lowest BCUT2D eigenvalue weighted by atomic mass is 9.98. The summed E-state index contributed by atoms with van der Waals surface area (Å²) in [6.07, 6.45) is 2.67. The Bertz CT molecular complexity index is 580. The second-order valence-electron chi connectivity index (χ2n) is 5.39. The van der Waals surface area contributed by atoms with E-state index in [4.69, 9.17) is 0 Å². The van der Waals surface area contributed by atoms with E-state index in [1.54, 1.807) is 12.1 Å². The van der Waals surface area contributed by atoms with Gasteiger partial charge in [0.05, 0.1) is 4.90 Å². The van der Waals surface area contributed by atoms with Crippen LogP contribution >= 0.6 is 0 Å². The van der Waals surface area contributed by atoms with Crippen molar-refractivity contribution in [3.8, 4) is 0 Å². The molecule has 0 bridgehead atoms. The van der Waals surface area contributed by atoms with Gasteiger partial charge in [0.25, 0.3) is 0 Å². The Morgan fingerprint density at radius 1 is 1.19 bits per heavy atom. The molecule has 0 aliphatic rings. The Hall–Kier alpha value is -1.40. The van der Waals surface area contributed by atoms with Gasteiger partial charge in [-0.2, -0.15) is 4.72 Å². The number of aliphatic carboxylic acids is 1. The molecule has 118 valence electrons. The third kappa shape index (κ3) is 4.54. The quantitative estimate of drug-likeness (QED) is 0.772. The molecular weight excluding hydrogens is 290 g/mol. The molecule has 0 radical (unpaired) electrons. The molecule has 2 N–H and O–H groups in total. The van der Waals surface area contributed by atoms with E-state index in [0.29, 0.717) is 6.42 Å². The SMILES string of the molecule is CCCc1ccc(S(=O)(=O)NC(C)(CCC)C(=O)O)cc1. The van der Waals surface area contributed by atoms with E-state index in [1.165, 1.54) is 19.1 Å². The van der Waals surface area contributed by atoms with Crippen LogP contribution in [0.25, 0.3) is 0 Å². The van der Waals surface area contributed by atoms with Crippen molar-refractivity contribution in [1.82, 2.24) is 4.72 Å². The summed E-state index contributed by atoms with van der Waals surface area (Å²) >= 11 is 0. The average Bonchev–Trinajstić information content (AvgIpc) is 2.39. The van der Waals surface area contributed by atoms with E-state index >= 15 is 0 Å². The van der Waals surface area contributed by atoms with Crippen LogP contribution in [0.2, 0.25) is 0 Å². The van der Waals surface area contributed by atoms with Gasteiger partial charge in [0.2, 0.25) is 10.0 Å². The predicted octanol–water partition coefficient (Wildman–Crippen LogP) is 2.56. The molecule has 0 heterocycles. The van der Waals surface area contributed by atoms with Crippen LogP contribution in [0.1, 0.15) is 45.6 Å². The molecule has 0 saturated carbocycles. The van der Waals surface area contributed by atoms with Crippen molar-refractivity contribution in [1.29, 1.82) is 0 Å². The second-order valence-corrected chi connectivity index (χ2v) is 7.07. The summed E-state index contributed by atoms with van der Waals surface area (Å²) in [4.78, 5) is 11.4. The van der Waals surface area contributed by atoms with Gasteiger partial charge in [0, 0.05) is 0 Å². The minimum absolute atomic E-state index is 0.0888. The van der Waals surface area contributed by atoms with Gasteiger partial charge >= 0.3 is 5.97 Å². The molecule has 0 spiro atoms. The van der Waals surface area contributed by atoms with Gasteiger partial charge in [0.1, 0.15) is 5.54 Å². The fourth-order valence-electron chi connectivity index (χ4n) is 2.18. The third-order valence-corrected chi connectivity index (χ3v) is 4.97. The normalized spacial score (nSPS) is 14.6. The first-order valence-corrected chi connectivity index (χ1v) is 8.60. The molecule has 0 fully saturated rings. The van der Waals surface area contributed by atoms with Gasteiger partial charge in [-0.25, -0.2) is 8.42 Å². The fraction of sp³-hybridized carbons (Fsp3) is 0.533. The Morgan fingerprint density at radius 3 is 2.19 bits per heavy atom. The zero-order chi connectivity index (χ0) is 16.1. The molecule has 0 amide bonds. The van der Waals surface area contributed by atoms with Crippen molar-refractivity contribution in [2.24, 2.45) is 0 Å². The maximum atomic E-state index is 12.3. The van der Waals surface area contributed by atoms with Crippen LogP contribution < -0.4 is 4.72 Å². The van der Waals surface area contributed by atoms with Gasteiger partial charge < -0.3 is 5.11 Å². The predicted molar refractivity (Wildman–Crippen MR) is 81.7 cm³/mol. The first kappa shape index (κ1) is 17.7. The van der Waals surface area contributed by atoms with Crippen LogP contribution in [-0.2, 0) is 21.2 Å². The Labute approximate surface area is 126 Å². The highest BCUT2D eigenvalue weighted by Gasteiger charge is 2.36. The minimum atomic E-state index is -3.85. The third-order valence-electron chi connectivity index (χ3n) is 3.35. The summed E-state index contributed by atoms with van der Waals surface area (Å²) in [5.74, 6) is -1.17. The van der Waals surface area contributed by atoms with Crippen molar-refractivity contribution in [3.63, 3.8) is 0 Å². The van der Waals surface area contributed by atoms with Gasteiger partial charge in [-0.3, -0.25) is 4.79 Å². The zero-order valence-electron chi connectivity index (χ0n) is 12.7. The number of sulfonamides is 1. The Kier molecular flexibility index (Phi) is 5.92. The molecule has 0 aliphatic heterocycles. The van der Waals surface area contributed by atoms with Gasteiger partial charge in [0.15, 0.2) is 0 Å².